The molecule has 0 radical (unpaired) electrons. The number of carboxylic acids is 1. The zero-order chi connectivity index (χ0) is 21.0. The van der Waals surface area contributed by atoms with Gasteiger partial charge in [0.05, 0.1) is 11.4 Å². The van der Waals surface area contributed by atoms with Crippen molar-refractivity contribution in [1.29, 1.82) is 0 Å². The van der Waals surface area contributed by atoms with E-state index < -0.39 is 5.97 Å². The van der Waals surface area contributed by atoms with E-state index in [4.69, 9.17) is 9.84 Å². The summed E-state index contributed by atoms with van der Waals surface area (Å²) in [5.74, 6) is -0.0563. The van der Waals surface area contributed by atoms with Crippen molar-refractivity contribution in [2.24, 2.45) is 0 Å². The molecule has 154 valence electrons. The van der Waals surface area contributed by atoms with Crippen LogP contribution in [-0.4, -0.2) is 30.8 Å². The predicted molar refractivity (Wildman–Crippen MR) is 118 cm³/mol. The van der Waals surface area contributed by atoms with Crippen molar-refractivity contribution in [2.75, 3.05) is 19.7 Å². The summed E-state index contributed by atoms with van der Waals surface area (Å²) in [6, 6.07) is 16.5. The number of carboxylic acid groups (broad SMARTS) is 1. The molecule has 5 heteroatoms. The minimum Gasteiger partial charge on any atom is -0.491 e. The van der Waals surface area contributed by atoms with Gasteiger partial charge in [-0.2, -0.15) is 0 Å². The summed E-state index contributed by atoms with van der Waals surface area (Å²) in [5, 5.41) is 11.4. The topological polar surface area (TPSA) is 58.6 Å². The Morgan fingerprint density at radius 2 is 1.68 bits per heavy atom. The molecule has 0 aromatic heterocycles. The highest BCUT2D eigenvalue weighted by atomic mass is 32.2. The van der Waals surface area contributed by atoms with Crippen molar-refractivity contribution in [3.63, 3.8) is 0 Å². The summed E-state index contributed by atoms with van der Waals surface area (Å²) >= 11 is 1.66. The lowest BCUT2D eigenvalue weighted by Gasteiger charge is -2.19. The van der Waals surface area contributed by atoms with E-state index in [-0.39, 0.29) is 12.0 Å². The van der Waals surface area contributed by atoms with Crippen molar-refractivity contribution in [3.05, 3.63) is 54.1 Å². The number of ether oxygens (including phenoxy) is 1. The normalized spacial score (nSPS) is 10.8. The van der Waals surface area contributed by atoms with Gasteiger partial charge >= 0.3 is 5.97 Å². The number of aliphatic carboxylic acids is 1. The van der Waals surface area contributed by atoms with Crippen LogP contribution in [0.4, 0.5) is 0 Å². The van der Waals surface area contributed by atoms with Crippen LogP contribution >= 0.6 is 11.8 Å². The van der Waals surface area contributed by atoms with Crippen LogP contribution in [0.15, 0.2) is 58.3 Å². The van der Waals surface area contributed by atoms with Gasteiger partial charge in [0.15, 0.2) is 0 Å². The first-order valence-electron chi connectivity index (χ1n) is 9.70. The van der Waals surface area contributed by atoms with E-state index in [1.165, 1.54) is 12.0 Å². The number of hydrogen-bond acceptors (Lipinski definition) is 4. The fourth-order valence-corrected chi connectivity index (χ4v) is 3.13. The Kier molecular flexibility index (Phi) is 10.7. The molecule has 0 fully saturated rings. The maximum atomic E-state index is 10.5. The molecular weight excluding hydrogens is 370 g/mol. The molecule has 4 nitrogen and oxygen atoms in total. The van der Waals surface area contributed by atoms with Gasteiger partial charge in [-0.15, -0.1) is 0 Å². The van der Waals surface area contributed by atoms with Crippen molar-refractivity contribution >= 4 is 17.7 Å². The number of carbonyl (C=O) groups is 1. The van der Waals surface area contributed by atoms with Gasteiger partial charge < -0.3 is 15.2 Å². The first-order chi connectivity index (χ1) is 13.3. The molecular formula is C23H33NO3S. The first-order valence-corrected chi connectivity index (χ1v) is 10.5. The highest BCUT2D eigenvalue weighted by molar-refractivity contribution is 7.99. The molecule has 0 amide bonds. The fraction of sp³-hybridized carbons (Fsp3) is 0.435. The lowest BCUT2D eigenvalue weighted by atomic mass is 9.87. The van der Waals surface area contributed by atoms with Crippen LogP contribution in [0.5, 0.6) is 5.75 Å². The maximum absolute atomic E-state index is 10.5. The molecule has 2 N–H and O–H groups in total. The molecule has 2 aromatic carbocycles. The summed E-state index contributed by atoms with van der Waals surface area (Å²) < 4.78 is 5.79. The molecule has 2 rings (SSSR count). The second-order valence-corrected chi connectivity index (χ2v) is 8.56. The van der Waals surface area contributed by atoms with Crippen molar-refractivity contribution in [1.82, 2.24) is 5.32 Å². The standard InChI is InChI=1S/C20H25NO3S.C3H8/c1-20(2,3)15-8-10-16(11-9-15)25-18-7-5-4-6-17(18)24-13-12-21-14-19(22)23;1-3-2/h4-11,21H,12-14H2,1-3H3,(H,22,23);3H2,1-2H3. The summed E-state index contributed by atoms with van der Waals surface area (Å²) in [6.07, 6.45) is 1.25. The van der Waals surface area contributed by atoms with E-state index in [1.54, 1.807) is 11.8 Å². The molecule has 0 atom stereocenters. The van der Waals surface area contributed by atoms with Gasteiger partial charge in [0.1, 0.15) is 12.4 Å². The van der Waals surface area contributed by atoms with Crippen molar-refractivity contribution in [3.8, 4) is 5.75 Å². The SMILES string of the molecule is CC(C)(C)c1ccc(Sc2ccccc2OCCNCC(=O)O)cc1.CCC. The Morgan fingerprint density at radius 3 is 2.25 bits per heavy atom. The Hall–Kier alpha value is -1.98. The van der Waals surface area contributed by atoms with Crippen LogP contribution < -0.4 is 10.1 Å². The number of hydrogen-bond donors (Lipinski definition) is 2. The molecule has 0 aliphatic rings. The maximum Gasteiger partial charge on any atom is 0.317 e. The molecule has 2 aromatic rings. The molecule has 0 spiro atoms. The first kappa shape index (κ1) is 24.1. The minimum atomic E-state index is -0.866. The summed E-state index contributed by atoms with van der Waals surface area (Å²) in [6.45, 7) is 11.7. The third-order valence-corrected chi connectivity index (χ3v) is 4.67. The van der Waals surface area contributed by atoms with Crippen molar-refractivity contribution in [2.45, 2.75) is 56.2 Å². The Balaban J connectivity index is 0.00000122. The van der Waals surface area contributed by atoms with Crippen LogP contribution in [0.1, 0.15) is 46.6 Å². The second kappa shape index (κ2) is 12.5. The van der Waals surface area contributed by atoms with Crippen LogP contribution in [-0.2, 0) is 10.2 Å². The van der Waals surface area contributed by atoms with E-state index in [0.29, 0.717) is 13.2 Å². The average Bonchev–Trinajstić information content (AvgIpc) is 2.63. The van der Waals surface area contributed by atoms with E-state index in [0.717, 1.165) is 15.5 Å². The third kappa shape index (κ3) is 9.29. The summed E-state index contributed by atoms with van der Waals surface area (Å²) in [4.78, 5) is 12.7. The smallest absolute Gasteiger partial charge is 0.317 e. The number of benzene rings is 2. The average molecular weight is 404 g/mol. The lowest BCUT2D eigenvalue weighted by Crippen LogP contribution is -2.27. The Morgan fingerprint density at radius 1 is 1.07 bits per heavy atom. The predicted octanol–water partition coefficient (Wildman–Crippen LogP) is 5.60. The third-order valence-electron chi connectivity index (χ3n) is 3.61. The van der Waals surface area contributed by atoms with Gasteiger partial charge in [0.25, 0.3) is 0 Å². The number of rotatable bonds is 8. The van der Waals surface area contributed by atoms with Gasteiger partial charge in [-0.3, -0.25) is 4.79 Å². The van der Waals surface area contributed by atoms with E-state index >= 15 is 0 Å². The summed E-state index contributed by atoms with van der Waals surface area (Å²) in [7, 11) is 0. The molecule has 0 bridgehead atoms. The molecule has 0 saturated heterocycles. The Labute approximate surface area is 173 Å². The van der Waals surface area contributed by atoms with Crippen molar-refractivity contribution < 1.29 is 14.6 Å². The van der Waals surface area contributed by atoms with Gasteiger partial charge in [-0.25, -0.2) is 0 Å². The fourth-order valence-electron chi connectivity index (χ4n) is 2.23. The zero-order valence-corrected chi connectivity index (χ0v) is 18.4. The molecule has 0 saturated carbocycles. The number of nitrogens with one attached hydrogen (secondary N) is 1. The lowest BCUT2D eigenvalue weighted by molar-refractivity contribution is -0.135. The highest BCUT2D eigenvalue weighted by Crippen LogP contribution is 2.35. The molecule has 0 aliphatic heterocycles. The quantitative estimate of drug-likeness (QED) is 0.562. The zero-order valence-electron chi connectivity index (χ0n) is 17.6. The van der Waals surface area contributed by atoms with Gasteiger partial charge in [0.2, 0.25) is 0 Å². The van der Waals surface area contributed by atoms with E-state index in [1.807, 2.05) is 24.3 Å². The van der Waals surface area contributed by atoms with Crippen LogP contribution in [0.3, 0.4) is 0 Å². The summed E-state index contributed by atoms with van der Waals surface area (Å²) in [5.41, 5.74) is 1.46. The molecule has 0 heterocycles. The minimum absolute atomic E-state index is 0.0557. The van der Waals surface area contributed by atoms with Crippen LogP contribution in [0.25, 0.3) is 0 Å². The van der Waals surface area contributed by atoms with Gasteiger partial charge in [0, 0.05) is 11.4 Å². The van der Waals surface area contributed by atoms with Crippen LogP contribution in [0, 0.1) is 0 Å². The molecule has 0 aliphatic carbocycles. The molecule has 0 unspecified atom stereocenters. The second-order valence-electron chi connectivity index (χ2n) is 7.45. The van der Waals surface area contributed by atoms with Gasteiger partial charge in [-0.1, -0.05) is 77.1 Å². The van der Waals surface area contributed by atoms with E-state index in [2.05, 4.69) is 64.2 Å². The monoisotopic (exact) mass is 403 g/mol. The van der Waals surface area contributed by atoms with Gasteiger partial charge in [-0.05, 0) is 35.2 Å². The Bertz CT molecular complexity index is 709. The van der Waals surface area contributed by atoms with E-state index in [9.17, 15) is 4.79 Å². The molecule has 28 heavy (non-hydrogen) atoms. The highest BCUT2D eigenvalue weighted by Gasteiger charge is 2.13. The largest absolute Gasteiger partial charge is 0.491 e. The number of para-hydroxylation sites is 1. The van der Waals surface area contributed by atoms with Crippen LogP contribution in [0.2, 0.25) is 0 Å².